The molecule has 104 valence electrons. The predicted octanol–water partition coefficient (Wildman–Crippen LogP) is 1.66. The van der Waals surface area contributed by atoms with Crippen LogP contribution in [0.1, 0.15) is 40.2 Å². The summed E-state index contributed by atoms with van der Waals surface area (Å²) in [5, 5.41) is 9.56. The molecule has 20 heavy (non-hydrogen) atoms. The Kier molecular flexibility index (Phi) is 3.76. The highest BCUT2D eigenvalue weighted by Gasteiger charge is 2.13. The van der Waals surface area contributed by atoms with Crippen LogP contribution in [0.2, 0.25) is 0 Å². The Morgan fingerprint density at radius 1 is 1.30 bits per heavy atom. The third kappa shape index (κ3) is 2.87. The van der Waals surface area contributed by atoms with Crippen molar-refractivity contribution in [3.8, 4) is 0 Å². The van der Waals surface area contributed by atoms with E-state index >= 15 is 0 Å². The molecule has 1 heterocycles. The van der Waals surface area contributed by atoms with Gasteiger partial charge in [0, 0.05) is 18.5 Å². The van der Waals surface area contributed by atoms with Crippen LogP contribution in [0.15, 0.2) is 24.5 Å². The van der Waals surface area contributed by atoms with Gasteiger partial charge in [0.1, 0.15) is 12.2 Å². The van der Waals surface area contributed by atoms with Crippen molar-refractivity contribution < 1.29 is 4.79 Å². The summed E-state index contributed by atoms with van der Waals surface area (Å²) in [5.74, 6) is 0.869. The third-order valence-electron chi connectivity index (χ3n) is 3.70. The highest BCUT2D eigenvalue weighted by molar-refractivity contribution is 5.94. The van der Waals surface area contributed by atoms with Crippen molar-refractivity contribution in [3.63, 3.8) is 0 Å². The Labute approximate surface area is 117 Å². The largest absolute Gasteiger partial charge is 0.352 e. The van der Waals surface area contributed by atoms with Crippen molar-refractivity contribution in [2.45, 2.75) is 32.1 Å². The van der Waals surface area contributed by atoms with E-state index in [4.69, 9.17) is 0 Å². The number of amides is 1. The summed E-state index contributed by atoms with van der Waals surface area (Å²) in [4.78, 5) is 16.1. The molecule has 0 spiro atoms. The van der Waals surface area contributed by atoms with Crippen LogP contribution in [-0.2, 0) is 19.3 Å². The summed E-state index contributed by atoms with van der Waals surface area (Å²) in [6.45, 7) is 0.649. The van der Waals surface area contributed by atoms with Gasteiger partial charge in [0.25, 0.3) is 5.91 Å². The van der Waals surface area contributed by atoms with E-state index in [0.717, 1.165) is 37.1 Å². The molecular weight excluding hydrogens is 252 g/mol. The van der Waals surface area contributed by atoms with Crippen molar-refractivity contribution in [3.05, 3.63) is 47.0 Å². The fraction of sp³-hybridized carbons (Fsp3) is 0.400. The van der Waals surface area contributed by atoms with Crippen LogP contribution in [0.3, 0.4) is 0 Å². The van der Waals surface area contributed by atoms with Gasteiger partial charge in [-0.05, 0) is 48.9 Å². The van der Waals surface area contributed by atoms with E-state index in [1.54, 1.807) is 0 Å². The van der Waals surface area contributed by atoms with Gasteiger partial charge in [-0.3, -0.25) is 9.89 Å². The molecule has 1 aromatic heterocycles. The number of aryl methyl sites for hydroxylation is 3. The van der Waals surface area contributed by atoms with Crippen LogP contribution in [0.4, 0.5) is 0 Å². The number of aromatic amines is 1. The highest BCUT2D eigenvalue weighted by Crippen LogP contribution is 2.22. The number of aromatic nitrogens is 3. The van der Waals surface area contributed by atoms with E-state index in [2.05, 4.69) is 26.6 Å². The van der Waals surface area contributed by atoms with Gasteiger partial charge < -0.3 is 5.32 Å². The Balaban J connectivity index is 1.49. The maximum atomic E-state index is 12.1. The van der Waals surface area contributed by atoms with Crippen LogP contribution in [0.5, 0.6) is 0 Å². The number of fused-ring (bicyclic) bond motifs is 1. The molecule has 2 aromatic rings. The zero-order chi connectivity index (χ0) is 13.8. The molecule has 1 amide bonds. The van der Waals surface area contributed by atoms with Gasteiger partial charge in [-0.15, -0.1) is 0 Å². The van der Waals surface area contributed by atoms with Crippen LogP contribution >= 0.6 is 0 Å². The average Bonchev–Trinajstić information content (AvgIpc) is 3.13. The summed E-state index contributed by atoms with van der Waals surface area (Å²) < 4.78 is 0. The summed E-state index contributed by atoms with van der Waals surface area (Å²) in [7, 11) is 0. The van der Waals surface area contributed by atoms with E-state index in [1.165, 1.54) is 23.9 Å². The fourth-order valence-electron chi connectivity index (χ4n) is 2.62. The minimum absolute atomic E-state index is 0.0114. The van der Waals surface area contributed by atoms with Gasteiger partial charge in [0.05, 0.1) is 0 Å². The van der Waals surface area contributed by atoms with Crippen molar-refractivity contribution >= 4 is 5.91 Å². The molecule has 5 heteroatoms. The first-order chi connectivity index (χ1) is 9.83. The second-order valence-electron chi connectivity index (χ2n) is 5.13. The molecule has 0 saturated heterocycles. The molecule has 1 aliphatic carbocycles. The molecule has 0 atom stereocenters. The Morgan fingerprint density at radius 2 is 2.20 bits per heavy atom. The Hall–Kier alpha value is -2.17. The molecule has 2 N–H and O–H groups in total. The first kappa shape index (κ1) is 12.8. The first-order valence-electron chi connectivity index (χ1n) is 7.07. The minimum Gasteiger partial charge on any atom is -0.352 e. The number of H-pyrrole nitrogens is 1. The summed E-state index contributed by atoms with van der Waals surface area (Å²) in [6, 6.07) is 6.05. The Bertz CT molecular complexity index is 592. The molecule has 0 fully saturated rings. The van der Waals surface area contributed by atoms with E-state index in [9.17, 15) is 4.79 Å². The topological polar surface area (TPSA) is 70.7 Å². The van der Waals surface area contributed by atoms with Crippen LogP contribution in [-0.4, -0.2) is 27.6 Å². The lowest BCUT2D eigenvalue weighted by atomic mass is 10.1. The smallest absolute Gasteiger partial charge is 0.251 e. The standard InChI is InChI=1S/C15H18N4O/c20-15(16-8-2-5-14-17-10-18-19-14)13-7-6-11-3-1-4-12(11)9-13/h6-7,9-10H,1-5,8H2,(H,16,20)(H,17,18,19). The number of nitrogens with zero attached hydrogens (tertiary/aromatic N) is 2. The lowest BCUT2D eigenvalue weighted by molar-refractivity contribution is 0.0953. The lowest BCUT2D eigenvalue weighted by Gasteiger charge is -2.06. The number of carbonyl (C=O) groups excluding carboxylic acids is 1. The molecule has 1 aromatic carbocycles. The van der Waals surface area contributed by atoms with E-state index in [1.807, 2.05) is 12.1 Å². The fourth-order valence-corrected chi connectivity index (χ4v) is 2.62. The van der Waals surface area contributed by atoms with Crippen molar-refractivity contribution in [1.29, 1.82) is 0 Å². The molecular formula is C15H18N4O. The van der Waals surface area contributed by atoms with Gasteiger partial charge in [-0.25, -0.2) is 4.98 Å². The third-order valence-corrected chi connectivity index (χ3v) is 3.70. The van der Waals surface area contributed by atoms with Gasteiger partial charge in [-0.2, -0.15) is 5.10 Å². The SMILES string of the molecule is O=C(NCCCc1ncn[nH]1)c1ccc2c(c1)CCC2. The zero-order valence-corrected chi connectivity index (χ0v) is 11.4. The van der Waals surface area contributed by atoms with Crippen LogP contribution < -0.4 is 5.32 Å². The Morgan fingerprint density at radius 3 is 3.05 bits per heavy atom. The molecule has 0 radical (unpaired) electrons. The van der Waals surface area contributed by atoms with Crippen molar-refractivity contribution in [1.82, 2.24) is 20.5 Å². The number of rotatable bonds is 5. The molecule has 0 aliphatic heterocycles. The quantitative estimate of drug-likeness (QED) is 0.812. The normalized spacial score (nSPS) is 13.2. The molecule has 1 aliphatic rings. The number of carbonyl (C=O) groups is 1. The van der Waals surface area contributed by atoms with E-state index < -0.39 is 0 Å². The molecule has 0 bridgehead atoms. The summed E-state index contributed by atoms with van der Waals surface area (Å²) in [6.07, 6.45) is 6.60. The van der Waals surface area contributed by atoms with Gasteiger partial charge in [0.15, 0.2) is 0 Å². The maximum absolute atomic E-state index is 12.1. The minimum atomic E-state index is 0.0114. The lowest BCUT2D eigenvalue weighted by Crippen LogP contribution is -2.25. The van der Waals surface area contributed by atoms with Crippen LogP contribution in [0.25, 0.3) is 0 Å². The number of hydrogen-bond acceptors (Lipinski definition) is 3. The van der Waals surface area contributed by atoms with Crippen molar-refractivity contribution in [2.75, 3.05) is 6.54 Å². The van der Waals surface area contributed by atoms with Gasteiger partial charge >= 0.3 is 0 Å². The second kappa shape index (κ2) is 5.86. The second-order valence-corrected chi connectivity index (χ2v) is 5.13. The highest BCUT2D eigenvalue weighted by atomic mass is 16.1. The van der Waals surface area contributed by atoms with Crippen LogP contribution in [0, 0.1) is 0 Å². The molecule has 0 unspecified atom stereocenters. The van der Waals surface area contributed by atoms with E-state index in [-0.39, 0.29) is 5.91 Å². The van der Waals surface area contributed by atoms with E-state index in [0.29, 0.717) is 6.54 Å². The van der Waals surface area contributed by atoms with Gasteiger partial charge in [0.2, 0.25) is 0 Å². The number of hydrogen-bond donors (Lipinski definition) is 2. The number of nitrogens with one attached hydrogen (secondary N) is 2. The predicted molar refractivity (Wildman–Crippen MR) is 75.5 cm³/mol. The summed E-state index contributed by atoms with van der Waals surface area (Å²) in [5.41, 5.74) is 3.50. The molecule has 0 saturated carbocycles. The molecule has 3 rings (SSSR count). The monoisotopic (exact) mass is 270 g/mol. The maximum Gasteiger partial charge on any atom is 0.251 e. The van der Waals surface area contributed by atoms with Gasteiger partial charge in [-0.1, -0.05) is 6.07 Å². The summed E-state index contributed by atoms with van der Waals surface area (Å²) >= 11 is 0. The first-order valence-corrected chi connectivity index (χ1v) is 7.07. The van der Waals surface area contributed by atoms with Crippen molar-refractivity contribution in [2.24, 2.45) is 0 Å². The zero-order valence-electron chi connectivity index (χ0n) is 11.4. The number of benzene rings is 1. The molecule has 5 nitrogen and oxygen atoms in total. The average molecular weight is 270 g/mol.